The number of nitrogens with two attached hydrogens (primary N) is 1. The van der Waals surface area contributed by atoms with Crippen molar-refractivity contribution >= 4 is 28.4 Å². The minimum Gasteiger partial charge on any atom is -0.454 e. The zero-order valence-corrected chi connectivity index (χ0v) is 17.8. The highest BCUT2D eigenvalue weighted by atomic mass is 16.7. The SMILES string of the molecule is CC(C)(C)c1cc2cc(NC(=O)C3(c4ccc5c(c4)OCO5)CC3)cc(C(N)=O)c2[nH]1.[HH].[HH].[HH]. The number of fused-ring (bicyclic) bond motifs is 2. The Labute approximate surface area is 184 Å². The van der Waals surface area contributed by atoms with Gasteiger partial charge in [0.2, 0.25) is 12.7 Å². The third kappa shape index (κ3) is 3.21. The summed E-state index contributed by atoms with van der Waals surface area (Å²) < 4.78 is 10.8. The summed E-state index contributed by atoms with van der Waals surface area (Å²) in [6.45, 7) is 6.47. The van der Waals surface area contributed by atoms with Crippen molar-refractivity contribution in [2.45, 2.75) is 44.4 Å². The monoisotopic (exact) mass is 425 g/mol. The maximum atomic E-state index is 13.3. The predicted molar refractivity (Wildman–Crippen MR) is 124 cm³/mol. The molecular weight excluding hydrogens is 394 g/mol. The molecule has 4 N–H and O–H groups in total. The fourth-order valence-electron chi connectivity index (χ4n) is 4.13. The Kier molecular flexibility index (Phi) is 4.09. The molecule has 7 heteroatoms. The number of hydrogen-bond donors (Lipinski definition) is 3. The Morgan fingerprint density at radius 3 is 2.52 bits per heavy atom. The minimum atomic E-state index is -0.600. The number of primary amides is 1. The molecule has 1 aliphatic carbocycles. The van der Waals surface area contributed by atoms with E-state index in [2.05, 4.69) is 31.1 Å². The molecule has 0 saturated heterocycles. The Bertz CT molecular complexity index is 1250. The van der Waals surface area contributed by atoms with E-state index in [0.29, 0.717) is 28.3 Å². The number of aromatic amines is 1. The first kappa shape index (κ1) is 19.5. The van der Waals surface area contributed by atoms with Gasteiger partial charge in [0.15, 0.2) is 11.5 Å². The highest BCUT2D eigenvalue weighted by Gasteiger charge is 2.51. The smallest absolute Gasteiger partial charge is 0.250 e. The Hall–Kier alpha value is -3.48. The van der Waals surface area contributed by atoms with Gasteiger partial charge in [0, 0.05) is 26.5 Å². The van der Waals surface area contributed by atoms with E-state index in [1.165, 1.54) is 0 Å². The summed E-state index contributed by atoms with van der Waals surface area (Å²) >= 11 is 0. The van der Waals surface area contributed by atoms with Crippen LogP contribution in [-0.2, 0) is 15.6 Å². The van der Waals surface area contributed by atoms with E-state index >= 15 is 0 Å². The van der Waals surface area contributed by atoms with Crippen molar-refractivity contribution in [1.29, 1.82) is 0 Å². The van der Waals surface area contributed by atoms with Gasteiger partial charge in [-0.05, 0) is 48.7 Å². The topological polar surface area (TPSA) is 106 Å². The minimum absolute atomic E-state index is 0. The maximum absolute atomic E-state index is 13.3. The van der Waals surface area contributed by atoms with E-state index in [1.807, 2.05) is 30.3 Å². The average Bonchev–Trinajstić information content (AvgIpc) is 3.17. The van der Waals surface area contributed by atoms with Gasteiger partial charge in [0.25, 0.3) is 5.91 Å². The van der Waals surface area contributed by atoms with Gasteiger partial charge in [0.1, 0.15) is 0 Å². The van der Waals surface area contributed by atoms with Crippen molar-refractivity contribution in [3.63, 3.8) is 0 Å². The van der Waals surface area contributed by atoms with Crippen LogP contribution in [0.25, 0.3) is 10.9 Å². The maximum Gasteiger partial charge on any atom is 0.250 e. The average molecular weight is 426 g/mol. The van der Waals surface area contributed by atoms with Crippen LogP contribution in [0, 0.1) is 0 Å². The molecular formula is C24H31N3O4. The number of aromatic nitrogens is 1. The van der Waals surface area contributed by atoms with Crippen molar-refractivity contribution in [1.82, 2.24) is 4.98 Å². The summed E-state index contributed by atoms with van der Waals surface area (Å²) in [5.74, 6) is 0.711. The number of amides is 2. The molecule has 2 aromatic carbocycles. The molecule has 0 bridgehead atoms. The lowest BCUT2D eigenvalue weighted by molar-refractivity contribution is -0.118. The molecule has 0 radical (unpaired) electrons. The van der Waals surface area contributed by atoms with E-state index < -0.39 is 11.3 Å². The summed E-state index contributed by atoms with van der Waals surface area (Å²) in [7, 11) is 0. The number of carbonyl (C=O) groups is 2. The van der Waals surface area contributed by atoms with Crippen LogP contribution in [-0.4, -0.2) is 23.6 Å². The summed E-state index contributed by atoms with van der Waals surface area (Å²) in [6.07, 6.45) is 1.50. The fourth-order valence-corrected chi connectivity index (χ4v) is 4.13. The summed E-state index contributed by atoms with van der Waals surface area (Å²) in [6, 6.07) is 11.2. The molecule has 1 fully saturated rings. The standard InChI is InChI=1S/C24H25N3O4.3H2/c1-23(2,3)19-9-13-8-15(11-16(21(25)28)20(13)27-19)26-22(29)24(6-7-24)14-4-5-17-18(10-14)31-12-30-17;;;/h4-5,8-11,27H,6-7,12H2,1-3H3,(H2,25,28)(H,26,29);3*1H. The van der Waals surface area contributed by atoms with Crippen molar-refractivity contribution in [2.24, 2.45) is 5.73 Å². The van der Waals surface area contributed by atoms with Crippen LogP contribution in [0.5, 0.6) is 11.5 Å². The van der Waals surface area contributed by atoms with Gasteiger partial charge in [-0.1, -0.05) is 26.8 Å². The zero-order valence-electron chi connectivity index (χ0n) is 17.8. The normalized spacial score (nSPS) is 16.4. The van der Waals surface area contributed by atoms with E-state index in [0.717, 1.165) is 29.5 Å². The summed E-state index contributed by atoms with van der Waals surface area (Å²) in [4.78, 5) is 28.7. The van der Waals surface area contributed by atoms with Crippen LogP contribution in [0.2, 0.25) is 0 Å². The number of benzene rings is 2. The molecule has 2 aliphatic rings. The van der Waals surface area contributed by atoms with Crippen molar-refractivity contribution in [3.8, 4) is 11.5 Å². The Morgan fingerprint density at radius 1 is 1.10 bits per heavy atom. The third-order valence-electron chi connectivity index (χ3n) is 6.17. The molecule has 3 aromatic rings. The Balaban J connectivity index is 0.00000136. The molecule has 7 nitrogen and oxygen atoms in total. The second kappa shape index (κ2) is 6.51. The van der Waals surface area contributed by atoms with Crippen molar-refractivity contribution in [3.05, 3.63) is 53.2 Å². The lowest BCUT2D eigenvalue weighted by atomic mass is 9.92. The highest BCUT2D eigenvalue weighted by molar-refractivity contribution is 6.09. The van der Waals surface area contributed by atoms with Crippen LogP contribution in [0.1, 0.15) is 59.5 Å². The van der Waals surface area contributed by atoms with E-state index in [1.54, 1.807) is 6.07 Å². The van der Waals surface area contributed by atoms with E-state index in [-0.39, 0.29) is 22.4 Å². The molecule has 1 aliphatic heterocycles. The highest BCUT2D eigenvalue weighted by Crippen LogP contribution is 2.51. The van der Waals surface area contributed by atoms with Gasteiger partial charge >= 0.3 is 0 Å². The van der Waals surface area contributed by atoms with Gasteiger partial charge < -0.3 is 25.5 Å². The number of carbonyl (C=O) groups excluding carboxylic acids is 2. The number of ether oxygens (including phenoxy) is 2. The second-order valence-corrected chi connectivity index (χ2v) is 9.39. The molecule has 0 spiro atoms. The zero-order chi connectivity index (χ0) is 22.0. The summed E-state index contributed by atoms with van der Waals surface area (Å²) in [5.41, 5.74) is 8.42. The van der Waals surface area contributed by atoms with E-state index in [9.17, 15) is 9.59 Å². The molecule has 2 heterocycles. The lowest BCUT2D eigenvalue weighted by Crippen LogP contribution is -2.28. The summed E-state index contributed by atoms with van der Waals surface area (Å²) in [5, 5.41) is 3.85. The van der Waals surface area contributed by atoms with Gasteiger partial charge in [-0.15, -0.1) is 0 Å². The molecule has 166 valence electrons. The number of rotatable bonds is 4. The van der Waals surface area contributed by atoms with Crippen molar-refractivity contribution in [2.75, 3.05) is 12.1 Å². The molecule has 1 saturated carbocycles. The van der Waals surface area contributed by atoms with Crippen LogP contribution in [0.4, 0.5) is 5.69 Å². The fraction of sp³-hybridized carbons (Fsp3) is 0.333. The van der Waals surface area contributed by atoms with Crippen LogP contribution in [0.15, 0.2) is 36.4 Å². The molecule has 1 aromatic heterocycles. The van der Waals surface area contributed by atoms with Crippen LogP contribution < -0.4 is 20.5 Å². The largest absolute Gasteiger partial charge is 0.454 e. The first-order valence-electron chi connectivity index (χ1n) is 10.4. The number of anilines is 1. The molecule has 0 atom stereocenters. The molecule has 5 rings (SSSR count). The van der Waals surface area contributed by atoms with Gasteiger partial charge in [0.05, 0.1) is 16.5 Å². The third-order valence-corrected chi connectivity index (χ3v) is 6.17. The van der Waals surface area contributed by atoms with Crippen LogP contribution >= 0.6 is 0 Å². The van der Waals surface area contributed by atoms with Gasteiger partial charge in [-0.25, -0.2) is 0 Å². The molecule has 2 amide bonds. The number of hydrogen-bond acceptors (Lipinski definition) is 4. The predicted octanol–water partition coefficient (Wildman–Crippen LogP) is 4.70. The van der Waals surface area contributed by atoms with Crippen molar-refractivity contribution < 1.29 is 23.3 Å². The molecule has 0 unspecified atom stereocenters. The van der Waals surface area contributed by atoms with E-state index in [4.69, 9.17) is 15.2 Å². The van der Waals surface area contributed by atoms with Crippen LogP contribution in [0.3, 0.4) is 0 Å². The number of nitrogens with one attached hydrogen (secondary N) is 2. The first-order chi connectivity index (χ1) is 14.7. The van der Waals surface area contributed by atoms with Gasteiger partial charge in [-0.3, -0.25) is 9.59 Å². The lowest BCUT2D eigenvalue weighted by Gasteiger charge is -2.17. The quantitative estimate of drug-likeness (QED) is 0.563. The first-order valence-corrected chi connectivity index (χ1v) is 10.4. The second-order valence-electron chi connectivity index (χ2n) is 9.39. The van der Waals surface area contributed by atoms with Gasteiger partial charge in [-0.2, -0.15) is 0 Å². The number of H-pyrrole nitrogens is 1. The Morgan fingerprint density at radius 2 is 1.84 bits per heavy atom. The molecule has 31 heavy (non-hydrogen) atoms.